The van der Waals surface area contributed by atoms with Crippen molar-refractivity contribution in [3.05, 3.63) is 80.4 Å². The smallest absolute Gasteiger partial charge is 0.258 e. The Labute approximate surface area is 146 Å². The second kappa shape index (κ2) is 7.03. The molecule has 0 amide bonds. The summed E-state index contributed by atoms with van der Waals surface area (Å²) in [6.45, 7) is 0. The van der Waals surface area contributed by atoms with Gasteiger partial charge in [0, 0.05) is 23.1 Å². The summed E-state index contributed by atoms with van der Waals surface area (Å²) in [4.78, 5) is 14.6. The quantitative estimate of drug-likeness (QED) is 0.379. The van der Waals surface area contributed by atoms with Crippen LogP contribution in [0.2, 0.25) is 0 Å². The number of nitrogens with zero attached hydrogens (tertiary/aromatic N) is 3. The summed E-state index contributed by atoms with van der Waals surface area (Å²) in [5.41, 5.74) is 2.24. The minimum Gasteiger partial charge on any atom is -0.258 e. The Balaban J connectivity index is 1.91. The van der Waals surface area contributed by atoms with E-state index in [-0.39, 0.29) is 11.5 Å². The zero-order chi connectivity index (χ0) is 17.8. The van der Waals surface area contributed by atoms with E-state index in [4.69, 9.17) is 0 Å². The Morgan fingerprint density at radius 3 is 2.68 bits per heavy atom. The Hall–Kier alpha value is -3.37. The summed E-state index contributed by atoms with van der Waals surface area (Å²) in [5, 5.41) is 22.3. The molecule has 2 aromatic carbocycles. The van der Waals surface area contributed by atoms with Gasteiger partial charge in [0.2, 0.25) is 0 Å². The molecule has 7 heteroatoms. The van der Waals surface area contributed by atoms with Crippen molar-refractivity contribution < 1.29 is 9.31 Å². The van der Waals surface area contributed by atoms with Crippen LogP contribution in [0.1, 0.15) is 10.6 Å². The Kier molecular flexibility index (Phi) is 4.64. The van der Waals surface area contributed by atoms with E-state index in [1.165, 1.54) is 35.6 Å². The average Bonchev–Trinajstić information content (AvgIpc) is 3.09. The van der Waals surface area contributed by atoms with E-state index in [1.54, 1.807) is 35.7 Å². The first-order valence-corrected chi connectivity index (χ1v) is 8.03. The highest BCUT2D eigenvalue weighted by Crippen LogP contribution is 2.28. The third-order valence-corrected chi connectivity index (χ3v) is 4.26. The van der Waals surface area contributed by atoms with Crippen molar-refractivity contribution in [3.8, 4) is 17.3 Å². The summed E-state index contributed by atoms with van der Waals surface area (Å²) in [6, 6.07) is 14.0. The molecule has 5 nitrogen and oxygen atoms in total. The molecular weight excluding hydrogens is 341 g/mol. The highest BCUT2D eigenvalue weighted by Gasteiger charge is 2.11. The monoisotopic (exact) mass is 351 g/mol. The van der Waals surface area contributed by atoms with E-state index in [0.717, 1.165) is 5.56 Å². The fourth-order valence-corrected chi connectivity index (χ4v) is 2.98. The number of nitriles is 1. The van der Waals surface area contributed by atoms with Crippen molar-refractivity contribution >= 4 is 28.7 Å². The average molecular weight is 351 g/mol. The molecule has 0 saturated heterocycles. The standard InChI is InChI=1S/C18H10FN3O2S/c19-15-3-1-2-12(9-15)8-14(10-20)18-21-17(11-25-18)13-4-6-16(7-5-13)22(23)24/h1-9,11H/b14-8+. The van der Waals surface area contributed by atoms with Crippen molar-refractivity contribution in [3.63, 3.8) is 0 Å². The molecule has 1 heterocycles. The van der Waals surface area contributed by atoms with Crippen LogP contribution in [0.3, 0.4) is 0 Å². The first-order chi connectivity index (χ1) is 12.1. The number of nitro groups is 1. The largest absolute Gasteiger partial charge is 0.269 e. The molecule has 0 N–H and O–H groups in total. The van der Waals surface area contributed by atoms with E-state index in [0.29, 0.717) is 21.8 Å². The Morgan fingerprint density at radius 1 is 1.28 bits per heavy atom. The highest BCUT2D eigenvalue weighted by molar-refractivity contribution is 7.11. The van der Waals surface area contributed by atoms with Crippen molar-refractivity contribution in [2.75, 3.05) is 0 Å². The molecule has 1 aromatic heterocycles. The van der Waals surface area contributed by atoms with Crippen LogP contribution in [0.4, 0.5) is 10.1 Å². The SMILES string of the molecule is N#C/C(=C\c1cccc(F)c1)c1nc(-c2ccc([N+](=O)[O-])cc2)cs1. The van der Waals surface area contributed by atoms with E-state index in [1.807, 2.05) is 0 Å². The summed E-state index contributed by atoms with van der Waals surface area (Å²) >= 11 is 1.28. The predicted molar refractivity (Wildman–Crippen MR) is 94.1 cm³/mol. The number of allylic oxidation sites excluding steroid dienone is 1. The minimum atomic E-state index is -0.466. The minimum absolute atomic E-state index is 0.00270. The number of nitro benzene ring substituents is 1. The highest BCUT2D eigenvalue weighted by atomic mass is 32.1. The zero-order valence-corrected chi connectivity index (χ0v) is 13.5. The van der Waals surface area contributed by atoms with Gasteiger partial charge in [0.1, 0.15) is 16.9 Å². The van der Waals surface area contributed by atoms with Gasteiger partial charge in [-0.05, 0) is 35.9 Å². The molecule has 25 heavy (non-hydrogen) atoms. The third-order valence-electron chi connectivity index (χ3n) is 3.39. The lowest BCUT2D eigenvalue weighted by Crippen LogP contribution is -1.87. The second-order valence-corrected chi connectivity index (χ2v) is 5.92. The van der Waals surface area contributed by atoms with Crippen LogP contribution in [0, 0.1) is 27.3 Å². The molecule has 0 atom stereocenters. The summed E-state index contributed by atoms with van der Waals surface area (Å²) in [7, 11) is 0. The number of hydrogen-bond donors (Lipinski definition) is 0. The summed E-state index contributed by atoms with van der Waals surface area (Å²) in [5.74, 6) is -0.378. The van der Waals surface area contributed by atoms with Gasteiger partial charge < -0.3 is 0 Å². The molecule has 3 rings (SSSR count). The van der Waals surface area contributed by atoms with Crippen LogP contribution < -0.4 is 0 Å². The molecule has 0 aliphatic rings. The Bertz CT molecular complexity index is 1000. The molecule has 0 bridgehead atoms. The van der Waals surface area contributed by atoms with Gasteiger partial charge in [-0.1, -0.05) is 12.1 Å². The van der Waals surface area contributed by atoms with Crippen molar-refractivity contribution in [2.45, 2.75) is 0 Å². The van der Waals surface area contributed by atoms with Gasteiger partial charge in [0.05, 0.1) is 16.2 Å². The number of hydrogen-bond acceptors (Lipinski definition) is 5. The number of aromatic nitrogens is 1. The van der Waals surface area contributed by atoms with Crippen LogP contribution in [-0.4, -0.2) is 9.91 Å². The Morgan fingerprint density at radius 2 is 2.04 bits per heavy atom. The van der Waals surface area contributed by atoms with Gasteiger partial charge in [-0.3, -0.25) is 10.1 Å². The first kappa shape index (κ1) is 16.5. The number of thiazole rings is 1. The van der Waals surface area contributed by atoms with Crippen LogP contribution in [0.5, 0.6) is 0 Å². The number of non-ortho nitro benzene ring substituents is 1. The fourth-order valence-electron chi connectivity index (χ4n) is 2.19. The predicted octanol–water partition coefficient (Wildman–Crippen LogP) is 4.92. The van der Waals surface area contributed by atoms with Crippen LogP contribution >= 0.6 is 11.3 Å². The van der Waals surface area contributed by atoms with E-state index >= 15 is 0 Å². The first-order valence-electron chi connectivity index (χ1n) is 7.15. The lowest BCUT2D eigenvalue weighted by molar-refractivity contribution is -0.384. The van der Waals surface area contributed by atoms with E-state index in [9.17, 15) is 19.8 Å². The zero-order valence-electron chi connectivity index (χ0n) is 12.7. The van der Waals surface area contributed by atoms with Gasteiger partial charge >= 0.3 is 0 Å². The van der Waals surface area contributed by atoms with Crippen LogP contribution in [0.25, 0.3) is 22.9 Å². The topological polar surface area (TPSA) is 79.8 Å². The van der Waals surface area contributed by atoms with Gasteiger partial charge in [0.15, 0.2) is 0 Å². The van der Waals surface area contributed by atoms with E-state index < -0.39 is 4.92 Å². The molecule has 3 aromatic rings. The molecule has 0 spiro atoms. The second-order valence-electron chi connectivity index (χ2n) is 5.07. The fraction of sp³-hybridized carbons (Fsp3) is 0. The molecule has 0 aliphatic heterocycles. The maximum atomic E-state index is 13.3. The molecule has 122 valence electrons. The van der Waals surface area contributed by atoms with Crippen LogP contribution in [0.15, 0.2) is 53.9 Å². The van der Waals surface area contributed by atoms with Gasteiger partial charge in [-0.15, -0.1) is 11.3 Å². The molecule has 0 saturated carbocycles. The molecule has 0 fully saturated rings. The normalized spacial score (nSPS) is 11.1. The van der Waals surface area contributed by atoms with Crippen molar-refractivity contribution in [1.29, 1.82) is 5.26 Å². The number of rotatable bonds is 4. The molecule has 0 radical (unpaired) electrons. The lowest BCUT2D eigenvalue weighted by Gasteiger charge is -1.97. The van der Waals surface area contributed by atoms with E-state index in [2.05, 4.69) is 11.1 Å². The van der Waals surface area contributed by atoms with Gasteiger partial charge in [-0.2, -0.15) is 5.26 Å². The maximum absolute atomic E-state index is 13.3. The number of benzene rings is 2. The third kappa shape index (κ3) is 3.76. The summed E-state index contributed by atoms with van der Waals surface area (Å²) in [6.07, 6.45) is 1.57. The molecule has 0 unspecified atom stereocenters. The molecule has 0 aliphatic carbocycles. The van der Waals surface area contributed by atoms with Crippen molar-refractivity contribution in [1.82, 2.24) is 4.98 Å². The molecular formula is C18H10FN3O2S. The lowest BCUT2D eigenvalue weighted by atomic mass is 10.1. The van der Waals surface area contributed by atoms with Crippen LogP contribution in [-0.2, 0) is 0 Å². The van der Waals surface area contributed by atoms with Gasteiger partial charge in [0.25, 0.3) is 5.69 Å². The maximum Gasteiger partial charge on any atom is 0.269 e. The summed E-state index contributed by atoms with van der Waals surface area (Å²) < 4.78 is 13.3. The van der Waals surface area contributed by atoms with Crippen molar-refractivity contribution in [2.24, 2.45) is 0 Å². The van der Waals surface area contributed by atoms with Gasteiger partial charge in [-0.25, -0.2) is 9.37 Å². The number of halogens is 1.